The van der Waals surface area contributed by atoms with E-state index in [0.717, 1.165) is 24.3 Å². The predicted octanol–water partition coefficient (Wildman–Crippen LogP) is 2.44. The van der Waals surface area contributed by atoms with Crippen LogP contribution in [0.4, 0.5) is 10.1 Å². The van der Waals surface area contributed by atoms with E-state index in [1.807, 2.05) is 6.92 Å². The molecular weight excluding hydrogens is 181 g/mol. The molecule has 14 heavy (non-hydrogen) atoms. The van der Waals surface area contributed by atoms with Gasteiger partial charge >= 0.3 is 0 Å². The molecule has 1 fully saturated rings. The Hall–Kier alpha value is -1.25. The maximum Gasteiger partial charge on any atom is 0.165 e. The molecule has 3 heteroatoms. The molecule has 1 aliphatic heterocycles. The third-order valence-corrected chi connectivity index (χ3v) is 2.71. The molecule has 2 nitrogen and oxygen atoms in total. The molecule has 0 bridgehead atoms. The van der Waals surface area contributed by atoms with Gasteiger partial charge in [-0.1, -0.05) is 0 Å². The quantitative estimate of drug-likeness (QED) is 0.744. The molecule has 0 saturated carbocycles. The second-order valence-corrected chi connectivity index (χ2v) is 3.78. The van der Waals surface area contributed by atoms with Crippen LogP contribution in [0.2, 0.25) is 0 Å². The van der Waals surface area contributed by atoms with Gasteiger partial charge in [-0.25, -0.2) is 4.39 Å². The number of anilines is 1. The molecule has 1 saturated heterocycles. The molecule has 0 aliphatic carbocycles. The standard InChI is InChI=1S/C11H14FNO/c1-8-6-9(12)11(14)7-10(8)13-4-2-3-5-13/h6-7,14H,2-5H2,1H3. The number of hydrogen-bond donors (Lipinski definition) is 1. The SMILES string of the molecule is Cc1cc(F)c(O)cc1N1CCCC1. The number of phenolic OH excluding ortho intramolecular Hbond substituents is 1. The van der Waals surface area contributed by atoms with Crippen molar-refractivity contribution in [3.05, 3.63) is 23.5 Å². The van der Waals surface area contributed by atoms with Gasteiger partial charge in [0, 0.05) is 24.8 Å². The lowest BCUT2D eigenvalue weighted by Gasteiger charge is -2.20. The van der Waals surface area contributed by atoms with Crippen LogP contribution in [0.1, 0.15) is 18.4 Å². The van der Waals surface area contributed by atoms with Crippen molar-refractivity contribution in [1.82, 2.24) is 0 Å². The van der Waals surface area contributed by atoms with Crippen LogP contribution < -0.4 is 4.90 Å². The van der Waals surface area contributed by atoms with Crippen LogP contribution in [-0.2, 0) is 0 Å². The van der Waals surface area contributed by atoms with E-state index in [1.54, 1.807) is 0 Å². The van der Waals surface area contributed by atoms with Gasteiger partial charge in [0.25, 0.3) is 0 Å². The van der Waals surface area contributed by atoms with Crippen molar-refractivity contribution in [1.29, 1.82) is 0 Å². The first-order valence-electron chi connectivity index (χ1n) is 4.92. The summed E-state index contributed by atoms with van der Waals surface area (Å²) in [4.78, 5) is 2.19. The molecule has 1 aromatic carbocycles. The first-order chi connectivity index (χ1) is 6.68. The van der Waals surface area contributed by atoms with Crippen LogP contribution >= 0.6 is 0 Å². The molecule has 1 heterocycles. The normalized spacial score (nSPS) is 16.3. The molecule has 0 unspecified atom stereocenters. The molecule has 1 N–H and O–H groups in total. The Kier molecular flexibility index (Phi) is 2.32. The van der Waals surface area contributed by atoms with E-state index >= 15 is 0 Å². The maximum atomic E-state index is 13.0. The Morgan fingerprint density at radius 3 is 2.57 bits per heavy atom. The fraction of sp³-hybridized carbons (Fsp3) is 0.455. The Labute approximate surface area is 83.0 Å². The van der Waals surface area contributed by atoms with E-state index in [1.165, 1.54) is 25.0 Å². The number of rotatable bonds is 1. The number of hydrogen-bond acceptors (Lipinski definition) is 2. The van der Waals surface area contributed by atoms with E-state index in [4.69, 9.17) is 0 Å². The number of aromatic hydroxyl groups is 1. The van der Waals surface area contributed by atoms with Crippen LogP contribution in [0.25, 0.3) is 0 Å². The molecule has 0 radical (unpaired) electrons. The number of benzene rings is 1. The third kappa shape index (κ3) is 1.54. The molecule has 76 valence electrons. The van der Waals surface area contributed by atoms with Gasteiger partial charge in [0.1, 0.15) is 0 Å². The average molecular weight is 195 g/mol. The summed E-state index contributed by atoms with van der Waals surface area (Å²) in [7, 11) is 0. The van der Waals surface area contributed by atoms with E-state index in [2.05, 4.69) is 4.90 Å². The zero-order chi connectivity index (χ0) is 10.1. The maximum absolute atomic E-state index is 13.0. The fourth-order valence-corrected chi connectivity index (χ4v) is 1.95. The Bertz CT molecular complexity index is 345. The summed E-state index contributed by atoms with van der Waals surface area (Å²) in [5.74, 6) is -0.789. The van der Waals surface area contributed by atoms with Crippen molar-refractivity contribution < 1.29 is 9.50 Å². The summed E-state index contributed by atoms with van der Waals surface area (Å²) in [6.07, 6.45) is 2.36. The summed E-state index contributed by atoms with van der Waals surface area (Å²) in [6, 6.07) is 2.92. The van der Waals surface area contributed by atoms with Crippen LogP contribution in [0.15, 0.2) is 12.1 Å². The van der Waals surface area contributed by atoms with Gasteiger partial charge < -0.3 is 10.0 Å². The van der Waals surface area contributed by atoms with E-state index in [0.29, 0.717) is 0 Å². The van der Waals surface area contributed by atoms with Crippen molar-refractivity contribution >= 4 is 5.69 Å². The number of halogens is 1. The lowest BCUT2D eigenvalue weighted by Crippen LogP contribution is -2.18. The van der Waals surface area contributed by atoms with E-state index < -0.39 is 5.82 Å². The highest BCUT2D eigenvalue weighted by Gasteiger charge is 2.16. The van der Waals surface area contributed by atoms with Crippen molar-refractivity contribution in [2.75, 3.05) is 18.0 Å². The van der Waals surface area contributed by atoms with Gasteiger partial charge in [0.15, 0.2) is 11.6 Å². The molecular formula is C11H14FNO. The van der Waals surface area contributed by atoms with Crippen LogP contribution in [0.5, 0.6) is 5.75 Å². The highest BCUT2D eigenvalue weighted by atomic mass is 19.1. The Morgan fingerprint density at radius 1 is 1.29 bits per heavy atom. The van der Waals surface area contributed by atoms with Crippen molar-refractivity contribution in [2.45, 2.75) is 19.8 Å². The van der Waals surface area contributed by atoms with Gasteiger partial charge in [-0.15, -0.1) is 0 Å². The van der Waals surface area contributed by atoms with E-state index in [9.17, 15) is 9.50 Å². The molecule has 0 atom stereocenters. The number of phenols is 1. The van der Waals surface area contributed by atoms with Crippen molar-refractivity contribution in [3.8, 4) is 5.75 Å². The predicted molar refractivity (Wildman–Crippen MR) is 54.2 cm³/mol. The molecule has 1 aliphatic rings. The molecule has 2 rings (SSSR count). The minimum Gasteiger partial charge on any atom is -0.505 e. The zero-order valence-corrected chi connectivity index (χ0v) is 8.26. The second kappa shape index (κ2) is 3.48. The summed E-state index contributed by atoms with van der Waals surface area (Å²) in [6.45, 7) is 3.88. The monoisotopic (exact) mass is 195 g/mol. The van der Waals surface area contributed by atoms with Crippen LogP contribution in [0, 0.1) is 12.7 Å². The van der Waals surface area contributed by atoms with Crippen LogP contribution in [-0.4, -0.2) is 18.2 Å². The topological polar surface area (TPSA) is 23.5 Å². The Balaban J connectivity index is 2.37. The molecule has 0 spiro atoms. The Morgan fingerprint density at radius 2 is 1.93 bits per heavy atom. The van der Waals surface area contributed by atoms with Gasteiger partial charge in [-0.05, 0) is 31.4 Å². The first kappa shape index (κ1) is 9.31. The smallest absolute Gasteiger partial charge is 0.165 e. The molecule has 0 amide bonds. The van der Waals surface area contributed by atoms with Crippen LogP contribution in [0.3, 0.4) is 0 Å². The van der Waals surface area contributed by atoms with Gasteiger partial charge in [0.2, 0.25) is 0 Å². The van der Waals surface area contributed by atoms with Crippen molar-refractivity contribution in [2.24, 2.45) is 0 Å². The fourth-order valence-electron chi connectivity index (χ4n) is 1.95. The summed E-state index contributed by atoms with van der Waals surface area (Å²) in [5, 5.41) is 9.28. The largest absolute Gasteiger partial charge is 0.505 e. The van der Waals surface area contributed by atoms with Gasteiger partial charge in [0.05, 0.1) is 0 Å². The summed E-state index contributed by atoms with van der Waals surface area (Å²) >= 11 is 0. The minimum absolute atomic E-state index is 0.252. The highest BCUT2D eigenvalue weighted by Crippen LogP contribution is 2.29. The zero-order valence-electron chi connectivity index (χ0n) is 8.26. The highest BCUT2D eigenvalue weighted by molar-refractivity contribution is 5.57. The number of aryl methyl sites for hydroxylation is 1. The average Bonchev–Trinajstić information content (AvgIpc) is 2.64. The van der Waals surface area contributed by atoms with Gasteiger partial charge in [-0.3, -0.25) is 0 Å². The minimum atomic E-state index is -0.537. The number of nitrogens with zero attached hydrogens (tertiary/aromatic N) is 1. The lowest BCUT2D eigenvalue weighted by molar-refractivity contribution is 0.432. The van der Waals surface area contributed by atoms with Gasteiger partial charge in [-0.2, -0.15) is 0 Å². The first-order valence-corrected chi connectivity index (χ1v) is 4.92. The summed E-state index contributed by atoms with van der Waals surface area (Å²) in [5.41, 5.74) is 1.85. The lowest BCUT2D eigenvalue weighted by atomic mass is 10.1. The second-order valence-electron chi connectivity index (χ2n) is 3.78. The van der Waals surface area contributed by atoms with Crippen molar-refractivity contribution in [3.63, 3.8) is 0 Å². The molecule has 1 aromatic rings. The summed E-state index contributed by atoms with van der Waals surface area (Å²) < 4.78 is 13.0. The van der Waals surface area contributed by atoms with E-state index in [-0.39, 0.29) is 5.75 Å². The third-order valence-electron chi connectivity index (χ3n) is 2.71. The molecule has 0 aromatic heterocycles.